The molecule has 0 radical (unpaired) electrons. The lowest BCUT2D eigenvalue weighted by molar-refractivity contribution is -0.138. The SMILES string of the molecule is COC(=O)c1ccc(COC(=O)/C(=C/c2ccco2)n2nnnc2-c2ccccc2)o1. The fourth-order valence-electron chi connectivity index (χ4n) is 2.71. The zero-order chi connectivity index (χ0) is 21.6. The van der Waals surface area contributed by atoms with Gasteiger partial charge in [0.25, 0.3) is 0 Å². The molecule has 31 heavy (non-hydrogen) atoms. The van der Waals surface area contributed by atoms with E-state index < -0.39 is 11.9 Å². The number of esters is 2. The van der Waals surface area contributed by atoms with Gasteiger partial charge in [0.1, 0.15) is 18.1 Å². The second-order valence-electron chi connectivity index (χ2n) is 6.16. The molecule has 0 amide bonds. The summed E-state index contributed by atoms with van der Waals surface area (Å²) in [6.45, 7) is -0.214. The molecule has 0 bridgehead atoms. The van der Waals surface area contributed by atoms with Gasteiger partial charge in [0, 0.05) is 11.6 Å². The van der Waals surface area contributed by atoms with E-state index in [4.69, 9.17) is 13.6 Å². The van der Waals surface area contributed by atoms with Crippen LogP contribution in [0.1, 0.15) is 22.1 Å². The Bertz CT molecular complexity index is 1210. The van der Waals surface area contributed by atoms with Crippen molar-refractivity contribution >= 4 is 23.7 Å². The molecular weight excluding hydrogens is 404 g/mol. The maximum absolute atomic E-state index is 12.9. The fourth-order valence-corrected chi connectivity index (χ4v) is 2.71. The number of methoxy groups -OCH3 is 1. The highest BCUT2D eigenvalue weighted by molar-refractivity contribution is 6.15. The van der Waals surface area contributed by atoms with Gasteiger partial charge < -0.3 is 18.3 Å². The molecule has 0 unspecified atom stereocenters. The number of ether oxygens (including phenoxy) is 2. The van der Waals surface area contributed by atoms with Crippen LogP contribution in [0.25, 0.3) is 23.2 Å². The first-order valence-corrected chi connectivity index (χ1v) is 9.09. The standard InChI is InChI=1S/C21H16N4O6/c1-28-21(27)18-10-9-16(31-18)13-30-20(26)17(12-15-8-5-11-29-15)25-19(22-23-24-25)14-6-3-2-4-7-14/h2-12H,13H2,1H3/b17-12-. The lowest BCUT2D eigenvalue weighted by atomic mass is 10.2. The van der Waals surface area contributed by atoms with Gasteiger partial charge >= 0.3 is 11.9 Å². The van der Waals surface area contributed by atoms with Crippen molar-refractivity contribution in [2.24, 2.45) is 0 Å². The highest BCUT2D eigenvalue weighted by atomic mass is 16.6. The quantitative estimate of drug-likeness (QED) is 0.328. The van der Waals surface area contributed by atoms with Gasteiger partial charge in [-0.1, -0.05) is 30.3 Å². The summed E-state index contributed by atoms with van der Waals surface area (Å²) in [5.74, 6) is -0.319. The average Bonchev–Trinajstić information content (AvgIpc) is 3.57. The van der Waals surface area contributed by atoms with E-state index in [9.17, 15) is 9.59 Å². The monoisotopic (exact) mass is 420 g/mol. The molecule has 3 aromatic heterocycles. The van der Waals surface area contributed by atoms with Crippen LogP contribution in [0.2, 0.25) is 0 Å². The van der Waals surface area contributed by atoms with Gasteiger partial charge in [0.15, 0.2) is 11.5 Å². The van der Waals surface area contributed by atoms with Crippen LogP contribution in [0.3, 0.4) is 0 Å². The molecule has 0 saturated heterocycles. The van der Waals surface area contributed by atoms with Crippen LogP contribution in [-0.4, -0.2) is 39.3 Å². The van der Waals surface area contributed by atoms with Crippen molar-refractivity contribution in [1.82, 2.24) is 20.2 Å². The number of hydrogen-bond acceptors (Lipinski definition) is 9. The van der Waals surface area contributed by atoms with Gasteiger partial charge in [-0.2, -0.15) is 4.68 Å². The third kappa shape index (κ3) is 4.42. The Morgan fingerprint density at radius 3 is 2.68 bits per heavy atom. The number of tetrazole rings is 1. The first-order chi connectivity index (χ1) is 15.2. The summed E-state index contributed by atoms with van der Waals surface area (Å²) in [6, 6.07) is 15.5. The summed E-state index contributed by atoms with van der Waals surface area (Å²) in [5, 5.41) is 11.7. The highest BCUT2D eigenvalue weighted by Crippen LogP contribution is 2.22. The summed E-state index contributed by atoms with van der Waals surface area (Å²) >= 11 is 0. The first-order valence-electron chi connectivity index (χ1n) is 9.09. The molecule has 0 aliphatic heterocycles. The molecule has 0 atom stereocenters. The van der Waals surface area contributed by atoms with E-state index in [1.54, 1.807) is 12.1 Å². The molecule has 3 heterocycles. The van der Waals surface area contributed by atoms with E-state index in [-0.39, 0.29) is 23.8 Å². The number of nitrogens with zero attached hydrogens (tertiary/aromatic N) is 4. The molecule has 4 rings (SSSR count). The zero-order valence-corrected chi connectivity index (χ0v) is 16.3. The van der Waals surface area contributed by atoms with E-state index >= 15 is 0 Å². The van der Waals surface area contributed by atoms with Gasteiger partial charge in [-0.15, -0.1) is 5.10 Å². The smallest absolute Gasteiger partial charge is 0.373 e. The van der Waals surface area contributed by atoms with Crippen LogP contribution in [0.15, 0.2) is 69.7 Å². The third-order valence-corrected chi connectivity index (χ3v) is 4.15. The first kappa shape index (κ1) is 19.8. The summed E-state index contributed by atoms with van der Waals surface area (Å²) in [4.78, 5) is 24.4. The van der Waals surface area contributed by atoms with Crippen molar-refractivity contribution in [3.8, 4) is 11.4 Å². The minimum atomic E-state index is -0.725. The Hall–Kier alpha value is -4.47. The molecule has 10 nitrogen and oxygen atoms in total. The number of furan rings is 2. The Morgan fingerprint density at radius 1 is 1.10 bits per heavy atom. The Balaban J connectivity index is 1.61. The van der Waals surface area contributed by atoms with Crippen LogP contribution >= 0.6 is 0 Å². The predicted octanol–water partition coefficient (Wildman–Crippen LogP) is 3.05. The van der Waals surface area contributed by atoms with Crippen LogP contribution in [0.4, 0.5) is 0 Å². The third-order valence-electron chi connectivity index (χ3n) is 4.15. The highest BCUT2D eigenvalue weighted by Gasteiger charge is 2.22. The largest absolute Gasteiger partial charge is 0.465 e. The number of carbonyl (C=O) groups excluding carboxylic acids is 2. The summed E-state index contributed by atoms with van der Waals surface area (Å²) < 4.78 is 21.9. The van der Waals surface area contributed by atoms with Crippen molar-refractivity contribution in [3.63, 3.8) is 0 Å². The minimum absolute atomic E-state index is 0.00624. The lowest BCUT2D eigenvalue weighted by Crippen LogP contribution is -2.14. The molecule has 0 fully saturated rings. The van der Waals surface area contributed by atoms with Gasteiger partial charge in [-0.25, -0.2) is 9.59 Å². The Kier molecular flexibility index (Phi) is 5.70. The van der Waals surface area contributed by atoms with Gasteiger partial charge in [0.05, 0.1) is 13.4 Å². The molecule has 1 aromatic carbocycles. The van der Waals surface area contributed by atoms with Gasteiger partial charge in [-0.05, 0) is 34.7 Å². The number of carbonyl (C=O) groups is 2. The normalized spacial score (nSPS) is 11.3. The number of benzene rings is 1. The lowest BCUT2D eigenvalue weighted by Gasteiger charge is -2.09. The number of hydrogen-bond donors (Lipinski definition) is 0. The van der Waals surface area contributed by atoms with Crippen LogP contribution in [0, 0.1) is 0 Å². The maximum Gasteiger partial charge on any atom is 0.373 e. The molecule has 10 heteroatoms. The van der Waals surface area contributed by atoms with Crippen LogP contribution < -0.4 is 0 Å². The van der Waals surface area contributed by atoms with E-state index in [1.165, 1.54) is 36.3 Å². The molecule has 0 aliphatic rings. The molecule has 0 spiro atoms. The molecule has 0 N–H and O–H groups in total. The second kappa shape index (κ2) is 8.91. The number of rotatable bonds is 7. The van der Waals surface area contributed by atoms with E-state index in [1.807, 2.05) is 30.3 Å². The fraction of sp³-hybridized carbons (Fsp3) is 0.0952. The zero-order valence-electron chi connectivity index (χ0n) is 16.3. The van der Waals surface area contributed by atoms with Crippen LogP contribution in [0.5, 0.6) is 0 Å². The summed E-state index contributed by atoms with van der Waals surface area (Å²) in [5.41, 5.74) is 0.734. The molecular formula is C21H16N4O6. The summed E-state index contributed by atoms with van der Waals surface area (Å²) in [6.07, 6.45) is 2.94. The van der Waals surface area contributed by atoms with Gasteiger partial charge in [0.2, 0.25) is 5.76 Å². The van der Waals surface area contributed by atoms with E-state index in [2.05, 4.69) is 20.3 Å². The molecule has 0 saturated carbocycles. The van der Waals surface area contributed by atoms with Gasteiger partial charge in [-0.3, -0.25) is 0 Å². The molecule has 4 aromatic rings. The van der Waals surface area contributed by atoms with Crippen LogP contribution in [-0.2, 0) is 20.9 Å². The maximum atomic E-state index is 12.9. The van der Waals surface area contributed by atoms with Crippen molar-refractivity contribution in [2.75, 3.05) is 7.11 Å². The number of aromatic nitrogens is 4. The Labute approximate surface area is 175 Å². The topological polar surface area (TPSA) is 122 Å². The predicted molar refractivity (Wildman–Crippen MR) is 106 cm³/mol. The average molecular weight is 420 g/mol. The molecule has 0 aliphatic carbocycles. The van der Waals surface area contributed by atoms with E-state index in [0.717, 1.165) is 0 Å². The summed E-state index contributed by atoms with van der Waals surface area (Å²) in [7, 11) is 1.24. The Morgan fingerprint density at radius 2 is 1.94 bits per heavy atom. The van der Waals surface area contributed by atoms with Crippen molar-refractivity contribution < 1.29 is 27.9 Å². The molecule has 156 valence electrons. The second-order valence-corrected chi connectivity index (χ2v) is 6.16. The van der Waals surface area contributed by atoms with Crippen molar-refractivity contribution in [2.45, 2.75) is 6.61 Å². The van der Waals surface area contributed by atoms with Crippen molar-refractivity contribution in [1.29, 1.82) is 0 Å². The van der Waals surface area contributed by atoms with Crippen molar-refractivity contribution in [3.05, 3.63) is 78.1 Å². The van der Waals surface area contributed by atoms with E-state index in [0.29, 0.717) is 17.1 Å². The minimum Gasteiger partial charge on any atom is -0.465 e.